The molecular weight excluding hydrogens is 559 g/mol. The Bertz CT molecular complexity index is 1480. The Kier molecular flexibility index (Phi) is 10.6. The van der Waals surface area contributed by atoms with Crippen LogP contribution in [0.5, 0.6) is 11.5 Å². The molecule has 1 unspecified atom stereocenters. The summed E-state index contributed by atoms with van der Waals surface area (Å²) in [6.45, 7) is 9.24. The van der Waals surface area contributed by atoms with Gasteiger partial charge in [0.05, 0.1) is 13.2 Å². The molecule has 0 amide bonds. The van der Waals surface area contributed by atoms with E-state index in [1.54, 1.807) is 12.1 Å². The molecule has 1 aliphatic carbocycles. The first-order valence-corrected chi connectivity index (χ1v) is 14.2. The van der Waals surface area contributed by atoms with E-state index in [0.717, 1.165) is 50.7 Å². The minimum absolute atomic E-state index is 0.0588. The first-order chi connectivity index (χ1) is 20.3. The van der Waals surface area contributed by atoms with E-state index < -0.39 is 17.8 Å². The second-order valence-electron chi connectivity index (χ2n) is 9.45. The minimum Gasteiger partial charge on any atom is -0.494 e. The Morgan fingerprint density at radius 2 is 1.48 bits per heavy atom. The summed E-state index contributed by atoms with van der Waals surface area (Å²) in [5.74, 6) is -1.20. The lowest BCUT2D eigenvalue weighted by atomic mass is 9.98. The highest BCUT2D eigenvalue weighted by Gasteiger charge is 2.27. The number of benzene rings is 3. The predicted molar refractivity (Wildman–Crippen MR) is 159 cm³/mol. The molecule has 218 valence electrons. The van der Waals surface area contributed by atoms with Crippen LogP contribution in [0.4, 0.5) is 4.39 Å². The van der Waals surface area contributed by atoms with Gasteiger partial charge in [-0.1, -0.05) is 32.2 Å². The molecule has 0 radical (unpaired) electrons. The Balaban J connectivity index is 1.30. The van der Waals surface area contributed by atoms with E-state index in [-0.39, 0.29) is 30.9 Å². The number of unbranched alkanes of at least 4 members (excludes halogenated alkanes) is 1. The highest BCUT2D eigenvalue weighted by atomic mass is 32.2. The quantitative estimate of drug-likeness (QED) is 0.0855. The summed E-state index contributed by atoms with van der Waals surface area (Å²) in [5, 5.41) is -0.0588. The maximum atomic E-state index is 13.1. The number of esters is 2. The normalized spacial score (nSPS) is 13.0. The number of rotatable bonds is 14. The van der Waals surface area contributed by atoms with E-state index >= 15 is 0 Å². The fraction of sp³-hybridized carbons (Fsp3) is 0.242. The molecule has 0 fully saturated rings. The van der Waals surface area contributed by atoms with Crippen molar-refractivity contribution in [3.8, 4) is 22.6 Å². The molecule has 1 atom stereocenters. The third kappa shape index (κ3) is 7.88. The maximum absolute atomic E-state index is 13.1. The van der Waals surface area contributed by atoms with Crippen molar-refractivity contribution in [2.24, 2.45) is 0 Å². The molecule has 1 aliphatic rings. The Morgan fingerprint density at radius 3 is 2.19 bits per heavy atom. The van der Waals surface area contributed by atoms with E-state index in [4.69, 9.17) is 18.9 Å². The molecular formula is C33H31FO7S. The van der Waals surface area contributed by atoms with Gasteiger partial charge in [0.25, 0.3) is 0 Å². The van der Waals surface area contributed by atoms with Gasteiger partial charge in [0.1, 0.15) is 24.7 Å². The average Bonchev–Trinajstić information content (AvgIpc) is 3.27. The molecule has 0 N–H and O–H groups in total. The number of hydrogen-bond donors (Lipinski definition) is 0. The zero-order valence-electron chi connectivity index (χ0n) is 23.2. The number of carbonyl (C=O) groups excluding carboxylic acids is 3. The van der Waals surface area contributed by atoms with Crippen LogP contribution in [0, 0.1) is 0 Å². The molecule has 0 aliphatic heterocycles. The van der Waals surface area contributed by atoms with Gasteiger partial charge in [0, 0.05) is 22.5 Å². The van der Waals surface area contributed by atoms with Gasteiger partial charge in [-0.15, -0.1) is 0 Å². The van der Waals surface area contributed by atoms with Gasteiger partial charge >= 0.3 is 11.9 Å². The Morgan fingerprint density at radius 1 is 0.833 bits per heavy atom. The van der Waals surface area contributed by atoms with E-state index in [1.165, 1.54) is 0 Å². The minimum atomic E-state index is -1.10. The topological polar surface area (TPSA) is 88.1 Å². The van der Waals surface area contributed by atoms with Crippen molar-refractivity contribution in [1.29, 1.82) is 0 Å². The lowest BCUT2D eigenvalue weighted by Crippen LogP contribution is -2.10. The highest BCUT2D eigenvalue weighted by molar-refractivity contribution is 8.14. The summed E-state index contributed by atoms with van der Waals surface area (Å²) >= 11 is 1.15. The van der Waals surface area contributed by atoms with Crippen LogP contribution in [0.3, 0.4) is 0 Å². The van der Waals surface area contributed by atoms with Crippen LogP contribution in [0.25, 0.3) is 11.1 Å². The molecule has 4 rings (SSSR count). The second-order valence-corrected chi connectivity index (χ2v) is 10.5. The van der Waals surface area contributed by atoms with E-state index in [0.29, 0.717) is 30.8 Å². The zero-order valence-corrected chi connectivity index (χ0v) is 24.0. The molecule has 0 aromatic heterocycles. The van der Waals surface area contributed by atoms with Crippen molar-refractivity contribution >= 4 is 28.8 Å². The molecule has 0 saturated carbocycles. The van der Waals surface area contributed by atoms with Gasteiger partial charge in [0.2, 0.25) is 10.9 Å². The summed E-state index contributed by atoms with van der Waals surface area (Å²) < 4.78 is 33.7. The fourth-order valence-corrected chi connectivity index (χ4v) is 5.19. The molecule has 0 heterocycles. The van der Waals surface area contributed by atoms with Crippen LogP contribution in [0.15, 0.2) is 90.6 Å². The summed E-state index contributed by atoms with van der Waals surface area (Å²) in [6.07, 6.45) is 2.29. The van der Waals surface area contributed by atoms with Crippen molar-refractivity contribution in [3.05, 3.63) is 102 Å². The number of ether oxygens (including phenoxy) is 4. The molecule has 42 heavy (non-hydrogen) atoms. The van der Waals surface area contributed by atoms with Gasteiger partial charge in [-0.05, 0) is 95.4 Å². The van der Waals surface area contributed by atoms with Crippen LogP contribution in [0.2, 0.25) is 0 Å². The van der Waals surface area contributed by atoms with Crippen molar-refractivity contribution in [2.75, 3.05) is 26.4 Å². The summed E-state index contributed by atoms with van der Waals surface area (Å²) in [7, 11) is 0. The molecule has 3 aromatic carbocycles. The Labute approximate surface area is 248 Å². The molecule has 3 aromatic rings. The molecule has 7 nitrogen and oxygen atoms in total. The van der Waals surface area contributed by atoms with Crippen LogP contribution in [0.1, 0.15) is 47.2 Å². The second kappa shape index (κ2) is 14.5. The van der Waals surface area contributed by atoms with E-state index in [2.05, 4.69) is 20.1 Å². The van der Waals surface area contributed by atoms with Crippen LogP contribution in [-0.4, -0.2) is 43.5 Å². The number of carbonyl (C=O) groups is 3. The van der Waals surface area contributed by atoms with Crippen LogP contribution < -0.4 is 9.47 Å². The predicted octanol–water partition coefficient (Wildman–Crippen LogP) is 7.04. The first-order valence-electron chi connectivity index (χ1n) is 13.4. The lowest BCUT2D eigenvalue weighted by Gasteiger charge is -2.11. The molecule has 0 saturated heterocycles. The van der Waals surface area contributed by atoms with Gasteiger partial charge in [0.15, 0.2) is 0 Å². The third-order valence-corrected chi connectivity index (χ3v) is 7.52. The highest BCUT2D eigenvalue weighted by Crippen LogP contribution is 2.46. The maximum Gasteiger partial charge on any atom is 0.366 e. The van der Waals surface area contributed by atoms with E-state index in [9.17, 15) is 18.8 Å². The first kappa shape index (κ1) is 30.6. The lowest BCUT2D eigenvalue weighted by molar-refractivity contribution is -0.141. The SMILES string of the molecule is C=CC(=O)OCCOc1ccc(SC(=O)c2ccc3c(c2)C(C)c2cc(OCCCCOC(=O)C(=C)F)ccc2-3)cc1. The monoisotopic (exact) mass is 590 g/mol. The van der Waals surface area contributed by atoms with Gasteiger partial charge in [-0.3, -0.25) is 4.79 Å². The van der Waals surface area contributed by atoms with Crippen molar-refractivity contribution in [1.82, 2.24) is 0 Å². The van der Waals surface area contributed by atoms with Gasteiger partial charge in [-0.2, -0.15) is 4.39 Å². The fourth-order valence-electron chi connectivity index (χ4n) is 4.46. The van der Waals surface area contributed by atoms with Crippen LogP contribution in [-0.2, 0) is 19.1 Å². The van der Waals surface area contributed by atoms with Crippen molar-refractivity contribution in [2.45, 2.75) is 30.6 Å². The summed E-state index contributed by atoms with van der Waals surface area (Å²) in [4.78, 5) is 36.0. The number of hydrogen-bond acceptors (Lipinski definition) is 8. The van der Waals surface area contributed by atoms with Crippen LogP contribution >= 0.6 is 11.8 Å². The number of thioether (sulfide) groups is 1. The molecule has 0 bridgehead atoms. The van der Waals surface area contributed by atoms with E-state index in [1.807, 2.05) is 48.5 Å². The Hall–Kier alpha value is -4.37. The number of halogens is 1. The van der Waals surface area contributed by atoms with Crippen molar-refractivity contribution in [3.63, 3.8) is 0 Å². The smallest absolute Gasteiger partial charge is 0.366 e. The third-order valence-electron chi connectivity index (χ3n) is 6.59. The number of fused-ring (bicyclic) bond motifs is 3. The summed E-state index contributed by atoms with van der Waals surface area (Å²) in [5.41, 5.74) is 5.05. The standard InChI is InChI=1S/C33H31FO7S/c1-4-31(35)40-18-17-39-24-8-11-26(12-9-24)42-33(37)23-7-13-27-28-14-10-25(20-30(28)21(2)29(27)19-23)38-15-5-6-16-41-32(36)22(3)34/h4,7-14,19-21H,1,3,5-6,15-18H2,2H3. The molecule has 9 heteroatoms. The zero-order chi connectivity index (χ0) is 30.1. The average molecular weight is 591 g/mol. The summed E-state index contributed by atoms with van der Waals surface area (Å²) in [6, 6.07) is 19.0. The van der Waals surface area contributed by atoms with Gasteiger partial charge in [-0.25, -0.2) is 9.59 Å². The largest absolute Gasteiger partial charge is 0.494 e. The molecule has 0 spiro atoms. The van der Waals surface area contributed by atoms with Gasteiger partial charge < -0.3 is 18.9 Å². The van der Waals surface area contributed by atoms with Crippen molar-refractivity contribution < 1.29 is 37.7 Å².